The lowest BCUT2D eigenvalue weighted by atomic mass is 10.0. The zero-order chi connectivity index (χ0) is 10.4. The van der Waals surface area contributed by atoms with E-state index in [1.54, 1.807) is 6.20 Å². The van der Waals surface area contributed by atoms with Crippen LogP contribution in [-0.2, 0) is 0 Å². The third-order valence-electron chi connectivity index (χ3n) is 2.12. The molecular formula is C12H16N2. The van der Waals surface area contributed by atoms with E-state index >= 15 is 0 Å². The predicted octanol–water partition coefficient (Wildman–Crippen LogP) is 2.68. The van der Waals surface area contributed by atoms with Gasteiger partial charge >= 0.3 is 0 Å². The number of nitrogens with two attached hydrogens (primary N) is 1. The standard InChI is InChI=1S/C12H16N2/c1-3-9-14-12(13)10(2)11-7-5-4-6-8-11/h3-10H,1-2H3,(H2,13,14)/b9-3-. The molecule has 0 saturated carbocycles. The third-order valence-corrected chi connectivity index (χ3v) is 2.12. The summed E-state index contributed by atoms with van der Waals surface area (Å²) >= 11 is 0. The van der Waals surface area contributed by atoms with Crippen molar-refractivity contribution in [3.05, 3.63) is 48.2 Å². The summed E-state index contributed by atoms with van der Waals surface area (Å²) in [6, 6.07) is 10.1. The Morgan fingerprint density at radius 1 is 1.36 bits per heavy atom. The number of aliphatic imine (C=N–C) groups is 1. The van der Waals surface area contributed by atoms with Gasteiger partial charge in [-0.3, -0.25) is 0 Å². The third kappa shape index (κ3) is 2.73. The summed E-state index contributed by atoms with van der Waals surface area (Å²) in [5, 5.41) is 0. The molecule has 0 aliphatic carbocycles. The van der Waals surface area contributed by atoms with Crippen molar-refractivity contribution in [2.75, 3.05) is 0 Å². The van der Waals surface area contributed by atoms with E-state index in [4.69, 9.17) is 5.73 Å². The van der Waals surface area contributed by atoms with Crippen LogP contribution in [0.5, 0.6) is 0 Å². The highest BCUT2D eigenvalue weighted by molar-refractivity contribution is 5.87. The Kier molecular flexibility index (Phi) is 3.92. The lowest BCUT2D eigenvalue weighted by Gasteiger charge is -2.09. The molecule has 0 aliphatic rings. The van der Waals surface area contributed by atoms with E-state index in [0.29, 0.717) is 5.84 Å². The average molecular weight is 188 g/mol. The Hall–Kier alpha value is -1.57. The van der Waals surface area contributed by atoms with Crippen LogP contribution in [0.4, 0.5) is 0 Å². The summed E-state index contributed by atoms with van der Waals surface area (Å²) in [6.07, 6.45) is 3.58. The molecule has 0 heterocycles. The van der Waals surface area contributed by atoms with E-state index < -0.39 is 0 Å². The predicted molar refractivity (Wildman–Crippen MR) is 61.3 cm³/mol. The summed E-state index contributed by atoms with van der Waals surface area (Å²) in [4.78, 5) is 4.13. The first-order valence-corrected chi connectivity index (χ1v) is 4.75. The first-order valence-electron chi connectivity index (χ1n) is 4.75. The zero-order valence-electron chi connectivity index (χ0n) is 8.64. The van der Waals surface area contributed by atoms with Crippen LogP contribution in [0.25, 0.3) is 0 Å². The minimum Gasteiger partial charge on any atom is -0.387 e. The number of amidine groups is 1. The summed E-state index contributed by atoms with van der Waals surface area (Å²) < 4.78 is 0. The van der Waals surface area contributed by atoms with Crippen molar-refractivity contribution in [1.82, 2.24) is 0 Å². The summed E-state index contributed by atoms with van der Waals surface area (Å²) in [7, 11) is 0. The maximum Gasteiger partial charge on any atom is 0.106 e. The second-order valence-corrected chi connectivity index (χ2v) is 3.17. The fraction of sp³-hybridized carbons (Fsp3) is 0.250. The molecule has 14 heavy (non-hydrogen) atoms. The molecule has 0 amide bonds. The molecule has 1 aromatic carbocycles. The number of benzene rings is 1. The van der Waals surface area contributed by atoms with Crippen molar-refractivity contribution in [2.45, 2.75) is 19.8 Å². The number of allylic oxidation sites excluding steroid dienone is 1. The molecule has 1 atom stereocenters. The van der Waals surface area contributed by atoms with Gasteiger partial charge in [-0.05, 0) is 12.5 Å². The van der Waals surface area contributed by atoms with Gasteiger partial charge in [0.15, 0.2) is 0 Å². The van der Waals surface area contributed by atoms with Gasteiger partial charge in [0.1, 0.15) is 5.84 Å². The van der Waals surface area contributed by atoms with Crippen LogP contribution in [0.15, 0.2) is 47.6 Å². The number of hydrogen-bond donors (Lipinski definition) is 1. The maximum atomic E-state index is 5.83. The Morgan fingerprint density at radius 2 is 2.00 bits per heavy atom. The Morgan fingerprint density at radius 3 is 2.57 bits per heavy atom. The summed E-state index contributed by atoms with van der Waals surface area (Å²) in [5.41, 5.74) is 7.03. The number of nitrogens with zero attached hydrogens (tertiary/aromatic N) is 1. The minimum atomic E-state index is 0.174. The van der Waals surface area contributed by atoms with Gasteiger partial charge in [0.05, 0.1) is 0 Å². The van der Waals surface area contributed by atoms with Gasteiger partial charge < -0.3 is 5.73 Å². The van der Waals surface area contributed by atoms with E-state index in [9.17, 15) is 0 Å². The lowest BCUT2D eigenvalue weighted by molar-refractivity contribution is 1.00. The fourth-order valence-corrected chi connectivity index (χ4v) is 1.18. The SMILES string of the molecule is C/C=C\N=C(\N)C(C)c1ccccc1. The van der Waals surface area contributed by atoms with Crippen LogP contribution >= 0.6 is 0 Å². The number of hydrogen-bond acceptors (Lipinski definition) is 1. The average Bonchev–Trinajstić information content (AvgIpc) is 2.26. The number of rotatable bonds is 3. The molecule has 0 saturated heterocycles. The van der Waals surface area contributed by atoms with Crippen LogP contribution in [0.2, 0.25) is 0 Å². The van der Waals surface area contributed by atoms with Crippen molar-refractivity contribution >= 4 is 5.84 Å². The van der Waals surface area contributed by atoms with Gasteiger partial charge in [-0.1, -0.05) is 43.3 Å². The van der Waals surface area contributed by atoms with Crippen LogP contribution in [0.1, 0.15) is 25.3 Å². The van der Waals surface area contributed by atoms with Gasteiger partial charge in [0.25, 0.3) is 0 Å². The fourth-order valence-electron chi connectivity index (χ4n) is 1.18. The van der Waals surface area contributed by atoms with Crippen molar-refractivity contribution in [3.8, 4) is 0 Å². The second kappa shape index (κ2) is 5.22. The molecule has 0 bridgehead atoms. The van der Waals surface area contributed by atoms with Gasteiger partial charge in [0.2, 0.25) is 0 Å². The molecule has 0 radical (unpaired) electrons. The Labute approximate surface area is 85.2 Å². The molecule has 2 N–H and O–H groups in total. The van der Waals surface area contributed by atoms with Crippen molar-refractivity contribution in [1.29, 1.82) is 0 Å². The van der Waals surface area contributed by atoms with E-state index in [0.717, 1.165) is 0 Å². The van der Waals surface area contributed by atoms with Gasteiger partial charge in [0, 0.05) is 12.1 Å². The molecule has 1 unspecified atom stereocenters. The molecule has 0 aromatic heterocycles. The van der Waals surface area contributed by atoms with E-state index in [1.807, 2.05) is 31.2 Å². The molecule has 74 valence electrons. The second-order valence-electron chi connectivity index (χ2n) is 3.17. The summed E-state index contributed by atoms with van der Waals surface area (Å²) in [5.74, 6) is 0.821. The van der Waals surface area contributed by atoms with Crippen molar-refractivity contribution < 1.29 is 0 Å². The largest absolute Gasteiger partial charge is 0.387 e. The molecular weight excluding hydrogens is 172 g/mol. The molecule has 0 aliphatic heterocycles. The Balaban J connectivity index is 2.80. The zero-order valence-corrected chi connectivity index (χ0v) is 8.64. The smallest absolute Gasteiger partial charge is 0.106 e. The topological polar surface area (TPSA) is 38.4 Å². The van der Waals surface area contributed by atoms with Gasteiger partial charge in [-0.15, -0.1) is 0 Å². The van der Waals surface area contributed by atoms with Crippen LogP contribution in [0, 0.1) is 0 Å². The van der Waals surface area contributed by atoms with Crippen molar-refractivity contribution in [2.24, 2.45) is 10.7 Å². The molecule has 1 aromatic rings. The minimum absolute atomic E-state index is 0.174. The molecule has 0 spiro atoms. The quantitative estimate of drug-likeness (QED) is 0.574. The van der Waals surface area contributed by atoms with E-state index in [2.05, 4.69) is 24.0 Å². The van der Waals surface area contributed by atoms with Crippen molar-refractivity contribution in [3.63, 3.8) is 0 Å². The molecule has 2 heteroatoms. The van der Waals surface area contributed by atoms with Crippen LogP contribution in [0.3, 0.4) is 0 Å². The maximum absolute atomic E-state index is 5.83. The highest BCUT2D eigenvalue weighted by Crippen LogP contribution is 2.14. The van der Waals surface area contributed by atoms with E-state index in [1.165, 1.54) is 5.56 Å². The highest BCUT2D eigenvalue weighted by Gasteiger charge is 2.07. The first-order chi connectivity index (χ1) is 6.75. The molecule has 1 rings (SSSR count). The van der Waals surface area contributed by atoms with Crippen LogP contribution in [-0.4, -0.2) is 5.84 Å². The van der Waals surface area contributed by atoms with Crippen LogP contribution < -0.4 is 5.73 Å². The van der Waals surface area contributed by atoms with Gasteiger partial charge in [-0.25, -0.2) is 4.99 Å². The molecule has 2 nitrogen and oxygen atoms in total. The van der Waals surface area contributed by atoms with E-state index in [-0.39, 0.29) is 5.92 Å². The lowest BCUT2D eigenvalue weighted by Crippen LogP contribution is -2.19. The summed E-state index contributed by atoms with van der Waals surface area (Å²) in [6.45, 7) is 3.97. The van der Waals surface area contributed by atoms with Gasteiger partial charge in [-0.2, -0.15) is 0 Å². The highest BCUT2D eigenvalue weighted by atomic mass is 14.8. The Bertz CT molecular complexity index is 325. The monoisotopic (exact) mass is 188 g/mol. The normalized spacial score (nSPS) is 14.6. The first kappa shape index (κ1) is 10.5. The molecule has 0 fully saturated rings.